The van der Waals surface area contributed by atoms with E-state index in [2.05, 4.69) is 65.1 Å². The van der Waals surface area contributed by atoms with E-state index in [-0.39, 0.29) is 5.41 Å². The van der Waals surface area contributed by atoms with E-state index in [1.807, 2.05) is 7.05 Å². The number of aliphatic imine (C=N–C) groups is 1. The van der Waals surface area contributed by atoms with Gasteiger partial charge >= 0.3 is 0 Å². The second-order valence-corrected chi connectivity index (χ2v) is 8.55. The molecule has 1 aliphatic carbocycles. The molecule has 1 N–H and O–H groups in total. The van der Waals surface area contributed by atoms with Gasteiger partial charge in [0.05, 0.1) is 6.10 Å². The zero-order valence-corrected chi connectivity index (χ0v) is 16.5. The van der Waals surface area contributed by atoms with E-state index >= 15 is 0 Å². The Balaban J connectivity index is 1.37. The van der Waals surface area contributed by atoms with Gasteiger partial charge in [-0.05, 0) is 31.0 Å². The first kappa shape index (κ1) is 17.7. The van der Waals surface area contributed by atoms with Crippen LogP contribution in [0.5, 0.6) is 0 Å². The van der Waals surface area contributed by atoms with Crippen LogP contribution in [0.3, 0.4) is 0 Å². The molecule has 1 aromatic rings. The number of fused-ring (bicyclic) bond motifs is 1. The summed E-state index contributed by atoms with van der Waals surface area (Å²) in [5.41, 5.74) is 2.84. The number of nitrogens with one attached hydrogen (secondary N) is 1. The Kier molecular flexibility index (Phi) is 4.59. The number of anilines is 1. The largest absolute Gasteiger partial charge is 0.377 e. The molecule has 1 aromatic carbocycles. The molecule has 2 aliphatic heterocycles. The molecule has 3 aliphatic rings. The number of rotatable bonds is 2. The predicted molar refractivity (Wildman–Crippen MR) is 107 cm³/mol. The third kappa shape index (κ3) is 2.96. The molecule has 2 heterocycles. The second kappa shape index (κ2) is 6.76. The fraction of sp³-hybridized carbons (Fsp3) is 0.667. The van der Waals surface area contributed by atoms with E-state index in [9.17, 15) is 0 Å². The van der Waals surface area contributed by atoms with Crippen molar-refractivity contribution in [3.05, 3.63) is 29.8 Å². The Hall–Kier alpha value is -1.75. The molecule has 3 fully saturated rings. The standard InChI is InChI=1S/C21H32N4O/c1-15-6-5-7-16(14-15)24-9-11-25(12-10-24)20(22-4)23-18-17-8-13-26-19(17)21(18,2)3/h5-7,14,17-19H,8-13H2,1-4H3,(H,22,23). The molecule has 3 unspecified atom stereocenters. The van der Waals surface area contributed by atoms with Crippen LogP contribution in [-0.2, 0) is 4.74 Å². The lowest BCUT2D eigenvalue weighted by Crippen LogP contribution is -2.68. The number of hydrogen-bond donors (Lipinski definition) is 1. The first-order valence-corrected chi connectivity index (χ1v) is 9.92. The van der Waals surface area contributed by atoms with Crippen LogP contribution in [-0.4, -0.2) is 62.8 Å². The molecule has 2 saturated heterocycles. The Morgan fingerprint density at radius 2 is 2.00 bits per heavy atom. The Bertz CT molecular complexity index is 678. The summed E-state index contributed by atoms with van der Waals surface area (Å²) in [7, 11) is 1.91. The summed E-state index contributed by atoms with van der Waals surface area (Å²) < 4.78 is 5.93. The summed E-state index contributed by atoms with van der Waals surface area (Å²) in [5.74, 6) is 1.69. The Morgan fingerprint density at radius 1 is 1.23 bits per heavy atom. The molecule has 1 saturated carbocycles. The summed E-state index contributed by atoms with van der Waals surface area (Å²) in [6, 6.07) is 9.26. The van der Waals surface area contributed by atoms with Crippen molar-refractivity contribution in [2.75, 3.05) is 44.7 Å². The van der Waals surface area contributed by atoms with E-state index < -0.39 is 0 Å². The van der Waals surface area contributed by atoms with Gasteiger partial charge in [0, 0.05) is 62.9 Å². The second-order valence-electron chi connectivity index (χ2n) is 8.55. The minimum absolute atomic E-state index is 0.181. The molecular weight excluding hydrogens is 324 g/mol. The van der Waals surface area contributed by atoms with Crippen LogP contribution < -0.4 is 10.2 Å². The maximum Gasteiger partial charge on any atom is 0.194 e. The van der Waals surface area contributed by atoms with E-state index in [1.165, 1.54) is 17.7 Å². The number of guanidine groups is 1. The lowest BCUT2D eigenvalue weighted by Gasteiger charge is -2.55. The number of ether oxygens (including phenoxy) is 1. The van der Waals surface area contributed by atoms with Crippen LogP contribution in [0, 0.1) is 18.3 Å². The molecule has 0 spiro atoms. The van der Waals surface area contributed by atoms with E-state index in [0.717, 1.165) is 38.7 Å². The highest BCUT2D eigenvalue weighted by molar-refractivity contribution is 5.81. The monoisotopic (exact) mass is 356 g/mol. The average molecular weight is 357 g/mol. The fourth-order valence-electron chi connectivity index (χ4n) is 5.05. The molecule has 0 aromatic heterocycles. The molecular formula is C21H32N4O. The van der Waals surface area contributed by atoms with Crippen LogP contribution in [0.25, 0.3) is 0 Å². The highest BCUT2D eigenvalue weighted by Crippen LogP contribution is 2.52. The first-order valence-electron chi connectivity index (χ1n) is 9.92. The molecule has 0 bridgehead atoms. The van der Waals surface area contributed by atoms with Gasteiger partial charge in [0.25, 0.3) is 0 Å². The molecule has 5 nitrogen and oxygen atoms in total. The number of nitrogens with zero attached hydrogens (tertiary/aromatic N) is 3. The summed E-state index contributed by atoms with van der Waals surface area (Å²) in [4.78, 5) is 9.48. The lowest BCUT2D eigenvalue weighted by molar-refractivity contribution is -0.107. The SMILES string of the molecule is CN=C(NC1C2CCOC2C1(C)C)N1CCN(c2cccc(C)c2)CC1. The molecule has 26 heavy (non-hydrogen) atoms. The Labute approximate surface area is 157 Å². The first-order chi connectivity index (χ1) is 12.5. The van der Waals surface area contributed by atoms with Crippen molar-refractivity contribution in [1.82, 2.24) is 10.2 Å². The van der Waals surface area contributed by atoms with Gasteiger partial charge in [0.1, 0.15) is 0 Å². The smallest absolute Gasteiger partial charge is 0.194 e. The number of aryl methyl sites for hydroxylation is 1. The molecule has 5 heteroatoms. The zero-order valence-electron chi connectivity index (χ0n) is 16.5. The zero-order chi connectivity index (χ0) is 18.3. The highest BCUT2D eigenvalue weighted by atomic mass is 16.5. The van der Waals surface area contributed by atoms with Gasteiger partial charge in [0.2, 0.25) is 0 Å². The van der Waals surface area contributed by atoms with Crippen molar-refractivity contribution >= 4 is 11.6 Å². The van der Waals surface area contributed by atoms with Gasteiger partial charge in [-0.2, -0.15) is 0 Å². The molecule has 0 amide bonds. The quantitative estimate of drug-likeness (QED) is 0.653. The van der Waals surface area contributed by atoms with Crippen LogP contribution in [0.2, 0.25) is 0 Å². The maximum absolute atomic E-state index is 5.93. The summed E-state index contributed by atoms with van der Waals surface area (Å²) in [5, 5.41) is 3.78. The molecule has 3 atom stereocenters. The number of hydrogen-bond acceptors (Lipinski definition) is 3. The van der Waals surface area contributed by atoms with Crippen molar-refractivity contribution in [1.29, 1.82) is 0 Å². The van der Waals surface area contributed by atoms with Crippen molar-refractivity contribution in [3.8, 4) is 0 Å². The topological polar surface area (TPSA) is 40.1 Å². The van der Waals surface area contributed by atoms with Crippen molar-refractivity contribution < 1.29 is 4.74 Å². The van der Waals surface area contributed by atoms with Crippen LogP contribution in [0.1, 0.15) is 25.8 Å². The average Bonchev–Trinajstić information content (AvgIpc) is 3.10. The van der Waals surface area contributed by atoms with Gasteiger partial charge in [-0.25, -0.2) is 0 Å². The van der Waals surface area contributed by atoms with Crippen molar-refractivity contribution in [2.24, 2.45) is 16.3 Å². The molecule has 142 valence electrons. The highest BCUT2D eigenvalue weighted by Gasteiger charge is 2.59. The van der Waals surface area contributed by atoms with Gasteiger partial charge in [-0.15, -0.1) is 0 Å². The predicted octanol–water partition coefficient (Wildman–Crippen LogP) is 2.51. The minimum Gasteiger partial charge on any atom is -0.377 e. The number of piperazine rings is 1. The Morgan fingerprint density at radius 3 is 2.69 bits per heavy atom. The van der Waals surface area contributed by atoms with Crippen LogP contribution >= 0.6 is 0 Å². The lowest BCUT2D eigenvalue weighted by atomic mass is 9.57. The summed E-state index contributed by atoms with van der Waals surface area (Å²) >= 11 is 0. The number of benzene rings is 1. The van der Waals surface area contributed by atoms with Gasteiger partial charge in [-0.3, -0.25) is 4.99 Å². The van der Waals surface area contributed by atoms with Crippen LogP contribution in [0.15, 0.2) is 29.3 Å². The summed E-state index contributed by atoms with van der Waals surface area (Å²) in [6.45, 7) is 11.8. The summed E-state index contributed by atoms with van der Waals surface area (Å²) in [6.07, 6.45) is 1.58. The van der Waals surface area contributed by atoms with E-state index in [0.29, 0.717) is 18.1 Å². The van der Waals surface area contributed by atoms with Crippen LogP contribution in [0.4, 0.5) is 5.69 Å². The third-order valence-electron chi connectivity index (χ3n) is 6.54. The van der Waals surface area contributed by atoms with Crippen molar-refractivity contribution in [3.63, 3.8) is 0 Å². The molecule has 4 rings (SSSR count). The third-order valence-corrected chi connectivity index (χ3v) is 6.54. The minimum atomic E-state index is 0.181. The fourth-order valence-corrected chi connectivity index (χ4v) is 5.05. The van der Waals surface area contributed by atoms with E-state index in [4.69, 9.17) is 4.74 Å². The van der Waals surface area contributed by atoms with Crippen molar-refractivity contribution in [2.45, 2.75) is 39.3 Å². The maximum atomic E-state index is 5.93. The normalized spacial score (nSPS) is 30.8. The van der Waals surface area contributed by atoms with Gasteiger partial charge < -0.3 is 19.9 Å². The van der Waals surface area contributed by atoms with Gasteiger partial charge in [0.15, 0.2) is 5.96 Å². The molecule has 0 radical (unpaired) electrons. The van der Waals surface area contributed by atoms with Gasteiger partial charge in [-0.1, -0.05) is 26.0 Å². The van der Waals surface area contributed by atoms with E-state index in [1.54, 1.807) is 0 Å².